The van der Waals surface area contributed by atoms with Gasteiger partial charge in [-0.1, -0.05) is 6.07 Å². The van der Waals surface area contributed by atoms with Crippen molar-refractivity contribution >= 4 is 10.0 Å². The lowest BCUT2D eigenvalue weighted by Crippen LogP contribution is -2.29. The highest BCUT2D eigenvalue weighted by Crippen LogP contribution is 2.10. The molecule has 0 saturated carbocycles. The molecule has 0 heterocycles. The van der Waals surface area contributed by atoms with Crippen molar-refractivity contribution in [2.45, 2.75) is 19.8 Å². The number of hydrogen-bond donors (Lipinski definition) is 2. The number of sulfonamides is 1. The van der Waals surface area contributed by atoms with Crippen LogP contribution in [0.4, 0.5) is 4.39 Å². The summed E-state index contributed by atoms with van der Waals surface area (Å²) in [7, 11) is -3.24. The van der Waals surface area contributed by atoms with Crippen molar-refractivity contribution in [2.75, 3.05) is 18.8 Å². The highest BCUT2D eigenvalue weighted by atomic mass is 32.2. The average Bonchev–Trinajstić information content (AvgIpc) is 2.29. The zero-order valence-electron chi connectivity index (χ0n) is 10.4. The van der Waals surface area contributed by atoms with Gasteiger partial charge in [-0.15, -0.1) is 0 Å². The third-order valence-electron chi connectivity index (χ3n) is 2.64. The molecule has 102 valence electrons. The first-order valence-corrected chi connectivity index (χ1v) is 7.52. The summed E-state index contributed by atoms with van der Waals surface area (Å²) in [5.74, 6) is -0.230. The van der Waals surface area contributed by atoms with E-state index in [1.807, 2.05) is 0 Å². The van der Waals surface area contributed by atoms with Gasteiger partial charge in [-0.2, -0.15) is 0 Å². The summed E-state index contributed by atoms with van der Waals surface area (Å²) in [6.07, 6.45) is 0.999. The van der Waals surface area contributed by atoms with Crippen molar-refractivity contribution < 1.29 is 12.8 Å². The first-order chi connectivity index (χ1) is 8.44. The Labute approximate surface area is 107 Å². The maximum absolute atomic E-state index is 12.9. The van der Waals surface area contributed by atoms with Crippen LogP contribution in [0, 0.1) is 12.7 Å². The summed E-state index contributed by atoms with van der Waals surface area (Å²) in [6.45, 7) is 2.48. The van der Waals surface area contributed by atoms with E-state index in [0.29, 0.717) is 25.9 Å². The predicted octanol–water partition coefficient (Wildman–Crippen LogP) is 0.945. The minimum atomic E-state index is -3.24. The van der Waals surface area contributed by atoms with Gasteiger partial charge in [0, 0.05) is 6.54 Å². The third-order valence-corrected chi connectivity index (χ3v) is 4.11. The molecule has 0 amide bonds. The first-order valence-electron chi connectivity index (χ1n) is 5.87. The molecule has 1 rings (SSSR count). The number of hydrogen-bond acceptors (Lipinski definition) is 3. The molecule has 0 aliphatic rings. The Morgan fingerprint density at radius 1 is 1.39 bits per heavy atom. The molecule has 0 unspecified atom stereocenters. The average molecular weight is 274 g/mol. The Kier molecular flexibility index (Phi) is 5.71. The van der Waals surface area contributed by atoms with Crippen molar-refractivity contribution in [3.63, 3.8) is 0 Å². The zero-order valence-corrected chi connectivity index (χ0v) is 11.3. The van der Waals surface area contributed by atoms with Crippen molar-refractivity contribution in [3.8, 4) is 0 Å². The summed E-state index contributed by atoms with van der Waals surface area (Å²) in [6, 6.07) is 4.50. The number of halogens is 1. The molecule has 0 saturated heterocycles. The molecule has 0 aliphatic carbocycles. The van der Waals surface area contributed by atoms with Gasteiger partial charge in [0.2, 0.25) is 10.0 Å². The Balaban J connectivity index is 2.46. The van der Waals surface area contributed by atoms with E-state index in [1.165, 1.54) is 12.1 Å². The lowest BCUT2D eigenvalue weighted by molar-refractivity contribution is 0.579. The van der Waals surface area contributed by atoms with Crippen molar-refractivity contribution in [1.29, 1.82) is 0 Å². The number of rotatable bonds is 7. The molecule has 0 bridgehead atoms. The molecule has 3 N–H and O–H groups in total. The summed E-state index contributed by atoms with van der Waals surface area (Å²) in [5.41, 5.74) is 7.03. The molecular formula is C12H19FN2O2S. The summed E-state index contributed by atoms with van der Waals surface area (Å²) < 4.78 is 38.4. The van der Waals surface area contributed by atoms with E-state index in [9.17, 15) is 12.8 Å². The highest BCUT2D eigenvalue weighted by molar-refractivity contribution is 7.89. The minimum Gasteiger partial charge on any atom is -0.330 e. The van der Waals surface area contributed by atoms with Crippen LogP contribution in [0.25, 0.3) is 0 Å². The fourth-order valence-electron chi connectivity index (χ4n) is 1.63. The van der Waals surface area contributed by atoms with Gasteiger partial charge in [0.05, 0.1) is 5.75 Å². The van der Waals surface area contributed by atoms with Crippen molar-refractivity contribution in [3.05, 3.63) is 35.1 Å². The molecule has 0 fully saturated rings. The monoisotopic (exact) mass is 274 g/mol. The number of nitrogens with one attached hydrogen (secondary N) is 1. The van der Waals surface area contributed by atoms with Gasteiger partial charge in [0.25, 0.3) is 0 Å². The van der Waals surface area contributed by atoms with Crippen LogP contribution in [0.1, 0.15) is 17.5 Å². The van der Waals surface area contributed by atoms with E-state index >= 15 is 0 Å². The standard InChI is InChI=1S/C12H19FN2O2S/c1-10-9-12(13)4-3-11(10)5-7-15-18(16,17)8-2-6-14/h3-4,9,15H,2,5-8,14H2,1H3. The largest absolute Gasteiger partial charge is 0.330 e. The third kappa shape index (κ3) is 5.12. The molecule has 0 radical (unpaired) electrons. The van der Waals surface area contributed by atoms with E-state index < -0.39 is 10.0 Å². The van der Waals surface area contributed by atoms with Crippen LogP contribution >= 0.6 is 0 Å². The van der Waals surface area contributed by atoms with Crippen LogP contribution in [-0.2, 0) is 16.4 Å². The molecule has 0 aliphatic heterocycles. The van der Waals surface area contributed by atoms with E-state index in [2.05, 4.69) is 4.72 Å². The van der Waals surface area contributed by atoms with E-state index in [1.54, 1.807) is 13.0 Å². The number of nitrogens with two attached hydrogens (primary N) is 1. The first kappa shape index (κ1) is 15.1. The van der Waals surface area contributed by atoms with Gasteiger partial charge >= 0.3 is 0 Å². The maximum atomic E-state index is 12.9. The molecule has 0 aromatic heterocycles. The fourth-order valence-corrected chi connectivity index (χ4v) is 2.73. The van der Waals surface area contributed by atoms with Gasteiger partial charge in [0.1, 0.15) is 5.82 Å². The lowest BCUT2D eigenvalue weighted by Gasteiger charge is -2.08. The molecular weight excluding hydrogens is 255 g/mol. The summed E-state index contributed by atoms with van der Waals surface area (Å²) >= 11 is 0. The molecule has 4 nitrogen and oxygen atoms in total. The quantitative estimate of drug-likeness (QED) is 0.777. The van der Waals surface area contributed by atoms with Crippen molar-refractivity contribution in [2.24, 2.45) is 5.73 Å². The Morgan fingerprint density at radius 3 is 2.72 bits per heavy atom. The maximum Gasteiger partial charge on any atom is 0.211 e. The van der Waals surface area contributed by atoms with Crippen LogP contribution in [0.3, 0.4) is 0 Å². The second kappa shape index (κ2) is 6.82. The Morgan fingerprint density at radius 2 is 2.11 bits per heavy atom. The van der Waals surface area contributed by atoms with E-state index in [-0.39, 0.29) is 11.6 Å². The molecule has 18 heavy (non-hydrogen) atoms. The lowest BCUT2D eigenvalue weighted by atomic mass is 10.1. The van der Waals surface area contributed by atoms with Gasteiger partial charge in [-0.3, -0.25) is 0 Å². The van der Waals surface area contributed by atoms with Gasteiger partial charge in [-0.25, -0.2) is 17.5 Å². The minimum absolute atomic E-state index is 0.0475. The Hall–Kier alpha value is -0.980. The fraction of sp³-hybridized carbons (Fsp3) is 0.500. The molecule has 1 aromatic carbocycles. The topological polar surface area (TPSA) is 72.2 Å². The number of aryl methyl sites for hydroxylation is 1. The van der Waals surface area contributed by atoms with Gasteiger partial charge < -0.3 is 5.73 Å². The smallest absolute Gasteiger partial charge is 0.211 e. The second-order valence-electron chi connectivity index (χ2n) is 4.18. The molecule has 0 atom stereocenters. The molecule has 6 heteroatoms. The van der Waals surface area contributed by atoms with Crippen LogP contribution in [-0.4, -0.2) is 27.3 Å². The van der Waals surface area contributed by atoms with Crippen LogP contribution < -0.4 is 10.5 Å². The molecule has 0 spiro atoms. The zero-order chi connectivity index (χ0) is 13.6. The van der Waals surface area contributed by atoms with Crippen molar-refractivity contribution in [1.82, 2.24) is 4.72 Å². The Bertz CT molecular complexity index is 489. The van der Waals surface area contributed by atoms with Gasteiger partial charge in [0.15, 0.2) is 0 Å². The SMILES string of the molecule is Cc1cc(F)ccc1CCNS(=O)(=O)CCCN. The normalized spacial score (nSPS) is 11.7. The summed E-state index contributed by atoms with van der Waals surface area (Å²) in [4.78, 5) is 0. The molecule has 1 aromatic rings. The second-order valence-corrected chi connectivity index (χ2v) is 6.10. The number of benzene rings is 1. The predicted molar refractivity (Wildman–Crippen MR) is 70.3 cm³/mol. The van der Waals surface area contributed by atoms with Crippen LogP contribution in [0.2, 0.25) is 0 Å². The van der Waals surface area contributed by atoms with E-state index in [4.69, 9.17) is 5.73 Å². The van der Waals surface area contributed by atoms with Crippen LogP contribution in [0.5, 0.6) is 0 Å². The highest BCUT2D eigenvalue weighted by Gasteiger charge is 2.09. The van der Waals surface area contributed by atoms with Crippen LogP contribution in [0.15, 0.2) is 18.2 Å². The van der Waals surface area contributed by atoms with E-state index in [0.717, 1.165) is 11.1 Å². The van der Waals surface area contributed by atoms with Gasteiger partial charge in [-0.05, 0) is 49.6 Å². The summed E-state index contributed by atoms with van der Waals surface area (Å²) in [5, 5.41) is 0.